The molecule has 0 radical (unpaired) electrons. The van der Waals surface area contributed by atoms with E-state index in [2.05, 4.69) is 39.7 Å². The number of hydrogen-bond acceptors (Lipinski definition) is 5. The predicted octanol–water partition coefficient (Wildman–Crippen LogP) is 3.09. The van der Waals surface area contributed by atoms with Gasteiger partial charge in [-0.3, -0.25) is 9.59 Å². The van der Waals surface area contributed by atoms with E-state index in [0.29, 0.717) is 22.6 Å². The molecule has 4 aromatic rings. The molecule has 0 bridgehead atoms. The van der Waals surface area contributed by atoms with Crippen LogP contribution in [-0.2, 0) is 19.5 Å². The number of pyridine rings is 1. The van der Waals surface area contributed by atoms with E-state index < -0.39 is 0 Å². The summed E-state index contributed by atoms with van der Waals surface area (Å²) in [5.41, 5.74) is 12.0. The molecule has 0 fully saturated rings. The molecule has 8 nitrogen and oxygen atoms in total. The first-order valence-electron chi connectivity index (χ1n) is 11.2. The molecule has 0 saturated heterocycles. The van der Waals surface area contributed by atoms with Crippen molar-refractivity contribution in [1.82, 2.24) is 19.6 Å². The molecular formula is C26H26N6O2. The zero-order valence-electron chi connectivity index (χ0n) is 18.9. The fraction of sp³-hybridized carbons (Fsp3) is 0.192. The van der Waals surface area contributed by atoms with Crippen molar-refractivity contribution < 1.29 is 9.59 Å². The molecule has 172 valence electrons. The van der Waals surface area contributed by atoms with Crippen molar-refractivity contribution in [1.29, 1.82) is 0 Å². The summed E-state index contributed by atoms with van der Waals surface area (Å²) in [4.78, 5) is 32.0. The Labute approximate surface area is 197 Å². The molecule has 2 aromatic heterocycles. The topological polar surface area (TPSA) is 105 Å². The number of benzene rings is 2. The molecule has 5 rings (SSSR count). The Morgan fingerprint density at radius 3 is 2.82 bits per heavy atom. The highest BCUT2D eigenvalue weighted by atomic mass is 16.2. The number of likely N-dealkylation sites (N-methyl/N-ethyl adjacent to an activating group) is 1. The predicted molar refractivity (Wildman–Crippen MR) is 132 cm³/mol. The van der Waals surface area contributed by atoms with Crippen LogP contribution in [0, 0.1) is 0 Å². The van der Waals surface area contributed by atoms with Crippen LogP contribution < -0.4 is 16.4 Å². The van der Waals surface area contributed by atoms with Crippen molar-refractivity contribution in [2.24, 2.45) is 0 Å². The minimum Gasteiger partial charge on any atom is -0.399 e. The minimum absolute atomic E-state index is 0.185. The zero-order valence-corrected chi connectivity index (χ0v) is 18.9. The number of nitrogens with two attached hydrogens (primary N) is 1. The average molecular weight is 455 g/mol. The Kier molecular flexibility index (Phi) is 5.73. The molecule has 34 heavy (non-hydrogen) atoms. The number of carbonyl (C=O) groups is 2. The van der Waals surface area contributed by atoms with Crippen molar-refractivity contribution in [3.63, 3.8) is 0 Å². The lowest BCUT2D eigenvalue weighted by Crippen LogP contribution is -2.26. The van der Waals surface area contributed by atoms with Gasteiger partial charge in [-0.05, 0) is 60.5 Å². The number of hydrogen-bond donors (Lipinski definition) is 3. The maximum Gasteiger partial charge on any atom is 0.271 e. The number of nitrogens with one attached hydrogen (secondary N) is 2. The van der Waals surface area contributed by atoms with E-state index in [-0.39, 0.29) is 18.4 Å². The molecular weight excluding hydrogens is 428 g/mol. The number of anilines is 2. The summed E-state index contributed by atoms with van der Waals surface area (Å²) >= 11 is 0. The van der Waals surface area contributed by atoms with Gasteiger partial charge in [0.25, 0.3) is 11.8 Å². The van der Waals surface area contributed by atoms with Gasteiger partial charge < -0.3 is 25.7 Å². The third-order valence-electron chi connectivity index (χ3n) is 6.03. The van der Waals surface area contributed by atoms with Gasteiger partial charge in [0.05, 0.1) is 0 Å². The van der Waals surface area contributed by atoms with Crippen molar-refractivity contribution in [2.45, 2.75) is 19.5 Å². The first-order chi connectivity index (χ1) is 16.4. The van der Waals surface area contributed by atoms with E-state index in [4.69, 9.17) is 5.73 Å². The maximum absolute atomic E-state index is 12.9. The molecule has 3 heterocycles. The number of nitrogens with zero attached hydrogens (tertiary/aromatic N) is 3. The highest BCUT2D eigenvalue weighted by molar-refractivity contribution is 6.04. The molecule has 8 heteroatoms. The number of imidazole rings is 1. The van der Waals surface area contributed by atoms with Gasteiger partial charge >= 0.3 is 0 Å². The molecule has 0 aliphatic carbocycles. The van der Waals surface area contributed by atoms with E-state index in [1.54, 1.807) is 41.1 Å². The van der Waals surface area contributed by atoms with Gasteiger partial charge in [0.2, 0.25) is 0 Å². The molecule has 0 spiro atoms. The van der Waals surface area contributed by atoms with Crippen LogP contribution in [0.15, 0.2) is 67.0 Å². The zero-order chi connectivity index (χ0) is 23.7. The Morgan fingerprint density at radius 2 is 1.94 bits per heavy atom. The lowest BCUT2D eigenvalue weighted by Gasteiger charge is -2.25. The van der Waals surface area contributed by atoms with Crippen molar-refractivity contribution in [2.75, 3.05) is 24.6 Å². The van der Waals surface area contributed by atoms with Gasteiger partial charge in [-0.25, -0.2) is 4.98 Å². The smallest absolute Gasteiger partial charge is 0.271 e. The fourth-order valence-corrected chi connectivity index (χ4v) is 4.18. The van der Waals surface area contributed by atoms with Crippen molar-refractivity contribution in [3.05, 3.63) is 94.9 Å². The highest BCUT2D eigenvalue weighted by Gasteiger charge is 2.15. The molecule has 0 atom stereocenters. The quantitative estimate of drug-likeness (QED) is 0.430. The molecule has 0 saturated carbocycles. The number of amides is 2. The van der Waals surface area contributed by atoms with Crippen LogP contribution in [0.5, 0.6) is 0 Å². The molecule has 2 aromatic carbocycles. The van der Waals surface area contributed by atoms with E-state index in [1.807, 2.05) is 18.2 Å². The summed E-state index contributed by atoms with van der Waals surface area (Å²) in [5, 5.41) is 5.86. The SMILES string of the molecule is CN1CCc2ccc(NC(=O)c3cccc(CNC(=O)c4cn5ccc(N)cc5n4)c3)cc2C1. The standard InChI is InChI=1S/C26H26N6O2/c1-31-9-7-18-5-6-22(12-20(18)15-31)29-25(33)19-4-2-3-17(11-19)14-28-26(34)23-16-32-10-8-21(27)13-24(32)30-23/h2-6,8,10-13,16H,7,9,14-15,27H2,1H3,(H,28,34)(H,29,33). The first-order valence-corrected chi connectivity index (χ1v) is 11.2. The number of aromatic nitrogens is 2. The van der Waals surface area contributed by atoms with Crippen LogP contribution in [0.4, 0.5) is 11.4 Å². The van der Waals surface area contributed by atoms with Gasteiger partial charge in [0, 0.05) is 55.0 Å². The molecule has 4 N–H and O–H groups in total. The summed E-state index contributed by atoms with van der Waals surface area (Å²) in [6.07, 6.45) is 4.44. The summed E-state index contributed by atoms with van der Waals surface area (Å²) in [7, 11) is 2.10. The van der Waals surface area contributed by atoms with E-state index in [1.165, 1.54) is 11.1 Å². The van der Waals surface area contributed by atoms with E-state index in [0.717, 1.165) is 30.8 Å². The highest BCUT2D eigenvalue weighted by Crippen LogP contribution is 2.22. The third-order valence-corrected chi connectivity index (χ3v) is 6.03. The monoisotopic (exact) mass is 454 g/mol. The molecule has 0 unspecified atom stereocenters. The van der Waals surface area contributed by atoms with Crippen LogP contribution in [0.3, 0.4) is 0 Å². The third kappa shape index (κ3) is 4.62. The number of carbonyl (C=O) groups excluding carboxylic acids is 2. The van der Waals surface area contributed by atoms with Gasteiger partial charge in [0.15, 0.2) is 0 Å². The van der Waals surface area contributed by atoms with Crippen LogP contribution >= 0.6 is 0 Å². The molecule has 1 aliphatic rings. The lowest BCUT2D eigenvalue weighted by molar-refractivity contribution is 0.0946. The van der Waals surface area contributed by atoms with E-state index in [9.17, 15) is 9.59 Å². The number of nitrogen functional groups attached to an aromatic ring is 1. The Morgan fingerprint density at radius 1 is 1.06 bits per heavy atom. The maximum atomic E-state index is 12.9. The van der Waals surface area contributed by atoms with Gasteiger partial charge in [-0.2, -0.15) is 0 Å². The largest absolute Gasteiger partial charge is 0.399 e. The van der Waals surface area contributed by atoms with Crippen LogP contribution in [0.25, 0.3) is 5.65 Å². The number of rotatable bonds is 5. The molecule has 1 aliphatic heterocycles. The Hall–Kier alpha value is -4.17. The lowest BCUT2D eigenvalue weighted by atomic mass is 9.99. The average Bonchev–Trinajstić information content (AvgIpc) is 3.26. The Bertz CT molecular complexity index is 1390. The Balaban J connectivity index is 1.23. The van der Waals surface area contributed by atoms with Crippen molar-refractivity contribution in [3.8, 4) is 0 Å². The summed E-state index contributed by atoms with van der Waals surface area (Å²) in [6.45, 7) is 2.21. The number of fused-ring (bicyclic) bond motifs is 2. The van der Waals surface area contributed by atoms with Crippen LogP contribution in [0.1, 0.15) is 37.5 Å². The van der Waals surface area contributed by atoms with Gasteiger partial charge in [0.1, 0.15) is 11.3 Å². The minimum atomic E-state index is -0.295. The van der Waals surface area contributed by atoms with Crippen molar-refractivity contribution >= 4 is 28.8 Å². The van der Waals surface area contributed by atoms with Crippen LogP contribution in [-0.4, -0.2) is 39.7 Å². The summed E-state index contributed by atoms with van der Waals surface area (Å²) in [5.74, 6) is -0.480. The van der Waals surface area contributed by atoms with E-state index >= 15 is 0 Å². The second-order valence-electron chi connectivity index (χ2n) is 8.66. The van der Waals surface area contributed by atoms with Crippen LogP contribution in [0.2, 0.25) is 0 Å². The second kappa shape index (κ2) is 8.99. The second-order valence-corrected chi connectivity index (χ2v) is 8.66. The normalized spacial score (nSPS) is 13.4. The van der Waals surface area contributed by atoms with Gasteiger partial charge in [-0.15, -0.1) is 0 Å². The molecule has 2 amide bonds. The fourth-order valence-electron chi connectivity index (χ4n) is 4.18. The first kappa shape index (κ1) is 21.7. The van der Waals surface area contributed by atoms with Gasteiger partial charge in [-0.1, -0.05) is 18.2 Å². The summed E-state index contributed by atoms with van der Waals surface area (Å²) < 4.78 is 1.75. The summed E-state index contributed by atoms with van der Waals surface area (Å²) in [6, 6.07) is 16.8.